The van der Waals surface area contributed by atoms with Gasteiger partial charge in [0.2, 0.25) is 0 Å². The second kappa shape index (κ2) is 10.5. The molecule has 3 aromatic rings. The maximum atomic E-state index is 12.4. The van der Waals surface area contributed by atoms with E-state index < -0.39 is 0 Å². The van der Waals surface area contributed by atoms with E-state index in [-0.39, 0.29) is 5.91 Å². The maximum Gasteiger partial charge on any atom is 0.255 e. The number of nitrogens with one attached hydrogen (secondary N) is 1. The van der Waals surface area contributed by atoms with E-state index in [4.69, 9.17) is 11.6 Å². The summed E-state index contributed by atoms with van der Waals surface area (Å²) in [6, 6.07) is 17.1. The molecule has 3 rings (SSSR count). The van der Waals surface area contributed by atoms with Gasteiger partial charge in [-0.15, -0.1) is 0 Å². The van der Waals surface area contributed by atoms with Gasteiger partial charge in [0.25, 0.3) is 5.91 Å². The number of benzene rings is 2. The summed E-state index contributed by atoms with van der Waals surface area (Å²) in [5, 5.41) is 4.00. The maximum absolute atomic E-state index is 12.4. The Labute approximate surface area is 186 Å². The lowest BCUT2D eigenvalue weighted by Crippen LogP contribution is -2.23. The van der Waals surface area contributed by atoms with Crippen LogP contribution in [0, 0.1) is 6.92 Å². The highest BCUT2D eigenvalue weighted by Crippen LogP contribution is 2.25. The molecular weight excluding hydrogens is 416 g/mol. The molecule has 1 amide bonds. The number of hydrogen-bond acceptors (Lipinski definition) is 5. The second-order valence-corrected chi connectivity index (χ2v) is 8.14. The Hall–Kier alpha value is -2.57. The topological polar surface area (TPSA) is 58.1 Å². The van der Waals surface area contributed by atoms with Crippen molar-refractivity contribution in [1.29, 1.82) is 0 Å². The highest BCUT2D eigenvalue weighted by molar-refractivity contribution is 7.98. The Morgan fingerprint density at radius 3 is 2.33 bits per heavy atom. The molecular formula is C23H25ClN4OS. The number of aryl methyl sites for hydroxylation is 1. The predicted octanol–water partition coefficient (Wildman–Crippen LogP) is 5.83. The van der Waals surface area contributed by atoms with Gasteiger partial charge in [-0.25, -0.2) is 9.97 Å². The first-order chi connectivity index (χ1) is 14.5. The number of hydrogen-bond donors (Lipinski definition) is 1. The average Bonchev–Trinajstić information content (AvgIpc) is 2.75. The molecule has 1 heterocycles. The summed E-state index contributed by atoms with van der Waals surface area (Å²) in [6.07, 6.45) is 0. The lowest BCUT2D eigenvalue weighted by molar-refractivity contribution is 0.102. The van der Waals surface area contributed by atoms with Crippen LogP contribution in [0.25, 0.3) is 0 Å². The predicted molar refractivity (Wildman–Crippen MR) is 126 cm³/mol. The summed E-state index contributed by atoms with van der Waals surface area (Å²) in [5.74, 6) is 1.41. The Morgan fingerprint density at radius 2 is 1.70 bits per heavy atom. The molecule has 1 N–H and O–H groups in total. The smallest absolute Gasteiger partial charge is 0.255 e. The molecule has 1 aromatic heterocycles. The van der Waals surface area contributed by atoms with Gasteiger partial charge < -0.3 is 10.2 Å². The summed E-state index contributed by atoms with van der Waals surface area (Å²) in [4.78, 5) is 23.5. The molecule has 0 atom stereocenters. The van der Waals surface area contributed by atoms with Crippen molar-refractivity contribution >= 4 is 40.8 Å². The number of thioether (sulfide) groups is 1. The van der Waals surface area contributed by atoms with Gasteiger partial charge >= 0.3 is 0 Å². The number of carbonyl (C=O) groups is 1. The van der Waals surface area contributed by atoms with Crippen molar-refractivity contribution < 1.29 is 4.79 Å². The molecule has 0 bridgehead atoms. The lowest BCUT2D eigenvalue weighted by atomic mass is 10.1. The van der Waals surface area contributed by atoms with E-state index in [1.165, 1.54) is 11.8 Å². The molecule has 0 aliphatic carbocycles. The zero-order chi connectivity index (χ0) is 21.5. The quantitative estimate of drug-likeness (QED) is 0.271. The van der Waals surface area contributed by atoms with Gasteiger partial charge in [0.1, 0.15) is 11.0 Å². The lowest BCUT2D eigenvalue weighted by Gasteiger charge is -2.20. The van der Waals surface area contributed by atoms with E-state index >= 15 is 0 Å². The first-order valence-corrected chi connectivity index (χ1v) is 11.2. The van der Waals surface area contributed by atoms with Gasteiger partial charge in [-0.1, -0.05) is 53.2 Å². The van der Waals surface area contributed by atoms with Crippen LogP contribution in [0.5, 0.6) is 0 Å². The van der Waals surface area contributed by atoms with Crippen LogP contribution in [-0.2, 0) is 5.75 Å². The molecule has 5 nitrogen and oxygen atoms in total. The first-order valence-electron chi connectivity index (χ1n) is 9.87. The number of halogens is 1. The number of amides is 1. The SMILES string of the molecule is CCN(CC)c1cc(Cl)nc(SCc2ccc(C(=O)Nc3ccc(C)cc3)cc2)n1. The monoisotopic (exact) mass is 440 g/mol. The molecule has 30 heavy (non-hydrogen) atoms. The van der Waals surface area contributed by atoms with E-state index in [0.29, 0.717) is 21.6 Å². The number of nitrogens with zero attached hydrogens (tertiary/aromatic N) is 3. The molecule has 0 unspecified atom stereocenters. The minimum absolute atomic E-state index is 0.125. The summed E-state index contributed by atoms with van der Waals surface area (Å²) < 4.78 is 0. The molecule has 7 heteroatoms. The van der Waals surface area contributed by atoms with Gasteiger partial charge in [-0.3, -0.25) is 4.79 Å². The van der Waals surface area contributed by atoms with Crippen LogP contribution in [-0.4, -0.2) is 29.0 Å². The van der Waals surface area contributed by atoms with Gasteiger partial charge in [0.05, 0.1) is 0 Å². The fraction of sp³-hybridized carbons (Fsp3) is 0.261. The molecule has 2 aromatic carbocycles. The van der Waals surface area contributed by atoms with Crippen LogP contribution in [0.1, 0.15) is 35.3 Å². The minimum Gasteiger partial charge on any atom is -0.357 e. The number of anilines is 2. The van der Waals surface area contributed by atoms with Crippen molar-refractivity contribution in [2.45, 2.75) is 31.7 Å². The van der Waals surface area contributed by atoms with E-state index in [2.05, 4.69) is 34.0 Å². The highest BCUT2D eigenvalue weighted by Gasteiger charge is 2.10. The third-order valence-electron chi connectivity index (χ3n) is 4.64. The zero-order valence-corrected chi connectivity index (χ0v) is 18.9. The molecule has 0 radical (unpaired) electrons. The number of carbonyl (C=O) groups excluding carboxylic acids is 1. The molecule has 0 aliphatic heterocycles. The molecule has 0 aliphatic rings. The number of aromatic nitrogens is 2. The molecule has 0 spiro atoms. The number of rotatable bonds is 8. The van der Waals surface area contributed by atoms with Crippen LogP contribution in [0.15, 0.2) is 59.8 Å². The van der Waals surface area contributed by atoms with Crippen LogP contribution in [0.3, 0.4) is 0 Å². The molecule has 156 valence electrons. The fourth-order valence-corrected chi connectivity index (χ4v) is 3.94. The minimum atomic E-state index is -0.125. The van der Waals surface area contributed by atoms with Crippen LogP contribution < -0.4 is 10.2 Å². The fourth-order valence-electron chi connectivity index (χ4n) is 2.90. The Morgan fingerprint density at radius 1 is 1.03 bits per heavy atom. The van der Waals surface area contributed by atoms with Crippen molar-refractivity contribution in [3.05, 3.63) is 76.4 Å². The van der Waals surface area contributed by atoms with Crippen LogP contribution in [0.4, 0.5) is 11.5 Å². The van der Waals surface area contributed by atoms with Crippen molar-refractivity contribution in [3.8, 4) is 0 Å². The summed E-state index contributed by atoms with van der Waals surface area (Å²) >= 11 is 7.71. The highest BCUT2D eigenvalue weighted by atomic mass is 35.5. The molecule has 0 fully saturated rings. The standard InChI is InChI=1S/C23H25ClN4OS/c1-4-28(5-2)21-14-20(24)26-23(27-21)30-15-17-8-10-18(11-9-17)22(29)25-19-12-6-16(3)7-13-19/h6-14H,4-5,15H2,1-3H3,(H,25,29). The van der Waals surface area contributed by atoms with Crippen molar-refractivity contribution in [3.63, 3.8) is 0 Å². The van der Waals surface area contributed by atoms with Crippen molar-refractivity contribution in [2.24, 2.45) is 0 Å². The Bertz CT molecular complexity index is 989. The average molecular weight is 441 g/mol. The van der Waals surface area contributed by atoms with E-state index in [9.17, 15) is 4.79 Å². The van der Waals surface area contributed by atoms with E-state index in [0.717, 1.165) is 35.7 Å². The van der Waals surface area contributed by atoms with E-state index in [1.807, 2.05) is 55.5 Å². The summed E-state index contributed by atoms with van der Waals surface area (Å²) in [7, 11) is 0. The van der Waals surface area contributed by atoms with Crippen LogP contribution >= 0.6 is 23.4 Å². The molecule has 0 saturated heterocycles. The largest absolute Gasteiger partial charge is 0.357 e. The van der Waals surface area contributed by atoms with Gasteiger partial charge in [-0.05, 0) is 50.6 Å². The van der Waals surface area contributed by atoms with Crippen molar-refractivity contribution in [1.82, 2.24) is 9.97 Å². The van der Waals surface area contributed by atoms with Crippen molar-refractivity contribution in [2.75, 3.05) is 23.3 Å². The van der Waals surface area contributed by atoms with Gasteiger partial charge in [0, 0.05) is 36.2 Å². The summed E-state index contributed by atoms with van der Waals surface area (Å²) in [6.45, 7) is 7.91. The normalized spacial score (nSPS) is 10.7. The first kappa shape index (κ1) is 22.1. The van der Waals surface area contributed by atoms with Gasteiger partial charge in [0.15, 0.2) is 5.16 Å². The van der Waals surface area contributed by atoms with Gasteiger partial charge in [-0.2, -0.15) is 0 Å². The third kappa shape index (κ3) is 5.97. The zero-order valence-electron chi connectivity index (χ0n) is 17.4. The Kier molecular flexibility index (Phi) is 7.71. The molecule has 0 saturated carbocycles. The third-order valence-corrected chi connectivity index (χ3v) is 5.75. The van der Waals surface area contributed by atoms with Crippen LogP contribution in [0.2, 0.25) is 5.15 Å². The Balaban J connectivity index is 1.62. The summed E-state index contributed by atoms with van der Waals surface area (Å²) in [5.41, 5.74) is 3.64. The van der Waals surface area contributed by atoms with E-state index in [1.54, 1.807) is 6.07 Å². The second-order valence-electron chi connectivity index (χ2n) is 6.81.